The number of hydrogen-bond acceptors (Lipinski definition) is 4. The molecule has 3 aromatic rings. The lowest BCUT2D eigenvalue weighted by atomic mass is 9.87. The van der Waals surface area contributed by atoms with E-state index in [1.807, 2.05) is 31.2 Å². The molecule has 1 N–H and O–H groups in total. The minimum Gasteiger partial charge on any atom is -0.491 e. The van der Waals surface area contributed by atoms with Crippen molar-refractivity contribution in [3.8, 4) is 22.6 Å². The van der Waals surface area contributed by atoms with Gasteiger partial charge >= 0.3 is 18.2 Å². The minimum absolute atomic E-state index is 0.0263. The number of halogens is 3. The molecule has 1 amide bonds. The molecule has 0 atom stereocenters. The predicted molar refractivity (Wildman–Crippen MR) is 143 cm³/mol. The van der Waals surface area contributed by atoms with Gasteiger partial charge in [-0.1, -0.05) is 76.6 Å². The van der Waals surface area contributed by atoms with Crippen molar-refractivity contribution in [1.82, 2.24) is 0 Å². The number of carboxylic acid groups (broad SMARTS) is 1. The van der Waals surface area contributed by atoms with Crippen LogP contribution in [0.25, 0.3) is 11.1 Å². The molecular formula is C30H32F3NO5. The quantitative estimate of drug-likeness (QED) is 0.226. The third-order valence-electron chi connectivity index (χ3n) is 6.02. The van der Waals surface area contributed by atoms with Crippen molar-refractivity contribution >= 4 is 17.6 Å². The minimum atomic E-state index is -4.81. The second kappa shape index (κ2) is 12.2. The molecule has 39 heavy (non-hydrogen) atoms. The van der Waals surface area contributed by atoms with Gasteiger partial charge in [-0.25, -0.2) is 4.79 Å². The maximum atomic E-state index is 12.9. The highest BCUT2D eigenvalue weighted by Crippen LogP contribution is 2.36. The van der Waals surface area contributed by atoms with Crippen LogP contribution in [0.2, 0.25) is 0 Å². The first-order valence-corrected chi connectivity index (χ1v) is 12.6. The number of unbranched alkanes of at least 4 members (excludes halogenated alkanes) is 1. The van der Waals surface area contributed by atoms with Crippen molar-refractivity contribution in [1.29, 1.82) is 0 Å². The Morgan fingerprint density at radius 3 is 2.05 bits per heavy atom. The van der Waals surface area contributed by atoms with Crippen molar-refractivity contribution in [3.05, 3.63) is 77.9 Å². The van der Waals surface area contributed by atoms with Crippen LogP contribution in [-0.4, -0.2) is 30.0 Å². The first-order valence-electron chi connectivity index (χ1n) is 12.6. The molecule has 208 valence electrons. The summed E-state index contributed by atoms with van der Waals surface area (Å²) in [7, 11) is 0. The lowest BCUT2D eigenvalue weighted by molar-refractivity contribution is -0.274. The van der Waals surface area contributed by atoms with Gasteiger partial charge in [-0.15, -0.1) is 13.2 Å². The van der Waals surface area contributed by atoms with Crippen molar-refractivity contribution in [3.63, 3.8) is 0 Å². The van der Waals surface area contributed by atoms with Crippen LogP contribution in [0.5, 0.6) is 11.5 Å². The number of rotatable bonds is 9. The number of amides is 1. The summed E-state index contributed by atoms with van der Waals surface area (Å²) in [5.74, 6) is -2.81. The Morgan fingerprint density at radius 2 is 1.51 bits per heavy atom. The number of hydrogen-bond donors (Lipinski definition) is 1. The topological polar surface area (TPSA) is 76.1 Å². The van der Waals surface area contributed by atoms with Crippen LogP contribution >= 0.6 is 0 Å². The van der Waals surface area contributed by atoms with Gasteiger partial charge in [-0.05, 0) is 58.4 Å². The molecular weight excluding hydrogens is 511 g/mol. The molecule has 0 radical (unpaired) electrons. The number of carboxylic acids is 1. The highest BCUT2D eigenvalue weighted by atomic mass is 19.4. The fourth-order valence-corrected chi connectivity index (χ4v) is 3.88. The number of benzene rings is 3. The van der Waals surface area contributed by atoms with Crippen molar-refractivity contribution in [2.45, 2.75) is 58.9 Å². The summed E-state index contributed by atoms with van der Waals surface area (Å²) >= 11 is 0. The average Bonchev–Trinajstić information content (AvgIpc) is 2.86. The Bertz CT molecular complexity index is 1280. The predicted octanol–water partition coefficient (Wildman–Crippen LogP) is 7.35. The van der Waals surface area contributed by atoms with E-state index >= 15 is 0 Å². The Hall–Kier alpha value is -4.01. The molecule has 0 aliphatic heterocycles. The van der Waals surface area contributed by atoms with Crippen LogP contribution in [0.1, 0.15) is 51.7 Å². The molecule has 0 aliphatic carbocycles. The standard InChI is InChI=1S/C30H32F3NO5/c1-5-6-17-38-26-16-11-22(21-9-14-24(15-10-21)39-30(31,32)33)18-25(26)34(27(35)28(36)37)19-20-7-12-23(13-8-20)29(2,3)4/h7-16,18H,5-6,17,19H2,1-4H3,(H,36,37). The third kappa shape index (κ3) is 8.24. The Kier molecular flexibility index (Phi) is 9.27. The Labute approximate surface area is 226 Å². The third-order valence-corrected chi connectivity index (χ3v) is 6.02. The van der Waals surface area contributed by atoms with Gasteiger partial charge in [-0.2, -0.15) is 0 Å². The van der Waals surface area contributed by atoms with Crippen molar-refractivity contribution < 1.29 is 37.3 Å². The zero-order valence-corrected chi connectivity index (χ0v) is 22.3. The lowest BCUT2D eigenvalue weighted by Gasteiger charge is -2.25. The van der Waals surface area contributed by atoms with Gasteiger partial charge in [0.15, 0.2) is 0 Å². The highest BCUT2D eigenvalue weighted by molar-refractivity contribution is 6.37. The summed E-state index contributed by atoms with van der Waals surface area (Å²) in [5.41, 5.74) is 3.07. The zero-order valence-electron chi connectivity index (χ0n) is 22.3. The maximum absolute atomic E-state index is 12.9. The van der Waals surface area contributed by atoms with E-state index in [2.05, 4.69) is 25.5 Å². The number of ether oxygens (including phenoxy) is 2. The SMILES string of the molecule is CCCCOc1ccc(-c2ccc(OC(F)(F)F)cc2)cc1N(Cc1ccc(C(C)(C)C)cc1)C(=O)C(=O)O. The van der Waals surface area contributed by atoms with Crippen LogP contribution in [0.4, 0.5) is 18.9 Å². The van der Waals surface area contributed by atoms with E-state index in [1.54, 1.807) is 18.2 Å². The van der Waals surface area contributed by atoms with E-state index in [4.69, 9.17) is 4.74 Å². The fourth-order valence-electron chi connectivity index (χ4n) is 3.88. The Balaban J connectivity index is 2.04. The van der Waals surface area contributed by atoms with E-state index in [-0.39, 0.29) is 23.4 Å². The number of alkyl halides is 3. The van der Waals surface area contributed by atoms with Crippen molar-refractivity contribution in [2.75, 3.05) is 11.5 Å². The molecule has 3 aromatic carbocycles. The molecule has 0 heterocycles. The van der Waals surface area contributed by atoms with E-state index in [0.717, 1.165) is 28.9 Å². The molecule has 6 nitrogen and oxygen atoms in total. The van der Waals surface area contributed by atoms with Crippen LogP contribution < -0.4 is 14.4 Å². The largest absolute Gasteiger partial charge is 0.573 e. The second-order valence-corrected chi connectivity index (χ2v) is 10.1. The van der Waals surface area contributed by atoms with Gasteiger partial charge in [0.1, 0.15) is 11.5 Å². The fraction of sp³-hybridized carbons (Fsp3) is 0.333. The molecule has 0 bridgehead atoms. The van der Waals surface area contributed by atoms with Crippen LogP contribution in [0, 0.1) is 0 Å². The zero-order chi connectivity index (χ0) is 28.8. The number of carbonyl (C=O) groups is 2. The lowest BCUT2D eigenvalue weighted by Crippen LogP contribution is -2.36. The summed E-state index contributed by atoms with van der Waals surface area (Å²) in [6.45, 7) is 8.57. The monoisotopic (exact) mass is 543 g/mol. The summed E-state index contributed by atoms with van der Waals surface area (Å²) in [6.07, 6.45) is -3.18. The number of anilines is 1. The second-order valence-electron chi connectivity index (χ2n) is 10.1. The number of aliphatic carboxylic acids is 1. The van der Waals surface area contributed by atoms with Gasteiger partial charge in [0.05, 0.1) is 18.8 Å². The van der Waals surface area contributed by atoms with E-state index in [0.29, 0.717) is 23.5 Å². The van der Waals surface area contributed by atoms with Crippen LogP contribution in [0.3, 0.4) is 0 Å². The normalized spacial score (nSPS) is 11.7. The highest BCUT2D eigenvalue weighted by Gasteiger charge is 2.31. The van der Waals surface area contributed by atoms with Gasteiger partial charge < -0.3 is 14.6 Å². The van der Waals surface area contributed by atoms with E-state index in [1.165, 1.54) is 24.3 Å². The first kappa shape index (κ1) is 29.5. The summed E-state index contributed by atoms with van der Waals surface area (Å²) in [4.78, 5) is 25.9. The molecule has 0 fully saturated rings. The molecule has 0 spiro atoms. The number of nitrogens with zero attached hydrogens (tertiary/aromatic N) is 1. The van der Waals surface area contributed by atoms with Gasteiger partial charge in [0, 0.05) is 0 Å². The smallest absolute Gasteiger partial charge is 0.491 e. The maximum Gasteiger partial charge on any atom is 0.573 e. The molecule has 9 heteroatoms. The van der Waals surface area contributed by atoms with Crippen molar-refractivity contribution in [2.24, 2.45) is 0 Å². The molecule has 3 rings (SSSR count). The van der Waals surface area contributed by atoms with Gasteiger partial charge in [-0.3, -0.25) is 9.69 Å². The summed E-state index contributed by atoms with van der Waals surface area (Å²) in [6, 6.07) is 17.8. The van der Waals surface area contributed by atoms with Crippen LogP contribution in [0.15, 0.2) is 66.7 Å². The van der Waals surface area contributed by atoms with Gasteiger partial charge in [0.25, 0.3) is 0 Å². The first-order chi connectivity index (χ1) is 18.3. The van der Waals surface area contributed by atoms with Gasteiger partial charge in [0.2, 0.25) is 0 Å². The van der Waals surface area contributed by atoms with Crippen LogP contribution in [-0.2, 0) is 21.5 Å². The molecule has 0 saturated carbocycles. The molecule has 0 unspecified atom stereocenters. The number of carbonyl (C=O) groups excluding carboxylic acids is 1. The molecule has 0 saturated heterocycles. The Morgan fingerprint density at radius 1 is 0.897 bits per heavy atom. The molecule has 0 aromatic heterocycles. The van der Waals surface area contributed by atoms with E-state index < -0.39 is 18.2 Å². The molecule has 0 aliphatic rings. The van der Waals surface area contributed by atoms with E-state index in [9.17, 15) is 27.9 Å². The average molecular weight is 544 g/mol. The summed E-state index contributed by atoms with van der Waals surface area (Å²) in [5, 5.41) is 9.62. The summed E-state index contributed by atoms with van der Waals surface area (Å²) < 4.78 is 47.5.